The minimum Gasteiger partial charge on any atom is -0.458 e. The fourth-order valence-electron chi connectivity index (χ4n) is 3.37. The van der Waals surface area contributed by atoms with E-state index in [1.165, 1.54) is 12.0 Å². The Kier molecular flexibility index (Phi) is 4.94. The number of esters is 1. The van der Waals surface area contributed by atoms with Crippen molar-refractivity contribution < 1.29 is 9.53 Å². The van der Waals surface area contributed by atoms with Gasteiger partial charge in [0.25, 0.3) is 0 Å². The van der Waals surface area contributed by atoms with E-state index >= 15 is 0 Å². The average Bonchev–Trinajstić information content (AvgIpc) is 2.39. The van der Waals surface area contributed by atoms with E-state index in [0.717, 1.165) is 38.5 Å². The molecule has 0 spiro atoms. The second-order valence-corrected chi connectivity index (χ2v) is 6.64. The van der Waals surface area contributed by atoms with E-state index in [-0.39, 0.29) is 17.5 Å². The van der Waals surface area contributed by atoms with E-state index < -0.39 is 0 Å². The smallest absolute Gasteiger partial charge is 0.310 e. The van der Waals surface area contributed by atoms with E-state index in [1.54, 1.807) is 0 Å². The molecule has 2 aliphatic carbocycles. The number of alkyl halides is 1. The first-order valence-electron chi connectivity index (χ1n) is 7.51. The first-order chi connectivity index (χ1) is 9.06. The van der Waals surface area contributed by atoms with Crippen LogP contribution in [0.15, 0.2) is 11.6 Å². The van der Waals surface area contributed by atoms with Crippen molar-refractivity contribution in [2.24, 2.45) is 11.8 Å². The summed E-state index contributed by atoms with van der Waals surface area (Å²) in [5, 5.41) is 0. The summed E-state index contributed by atoms with van der Waals surface area (Å²) >= 11 is 6.09. The SMILES string of the molecule is CC1=CC[C@H](C(=O)OC2(CCl)CCCCC2)[C@@H](C)C1. The summed E-state index contributed by atoms with van der Waals surface area (Å²) in [7, 11) is 0. The van der Waals surface area contributed by atoms with Crippen molar-refractivity contribution in [1.29, 1.82) is 0 Å². The summed E-state index contributed by atoms with van der Waals surface area (Å²) < 4.78 is 5.87. The summed E-state index contributed by atoms with van der Waals surface area (Å²) in [6.07, 6.45) is 9.35. The van der Waals surface area contributed by atoms with Gasteiger partial charge in [0.05, 0.1) is 11.8 Å². The Morgan fingerprint density at radius 2 is 2.11 bits per heavy atom. The predicted octanol–water partition coefficient (Wildman–Crippen LogP) is 4.46. The topological polar surface area (TPSA) is 26.3 Å². The van der Waals surface area contributed by atoms with Crippen molar-refractivity contribution in [2.75, 3.05) is 5.88 Å². The van der Waals surface area contributed by atoms with Crippen LogP contribution in [-0.2, 0) is 9.53 Å². The molecule has 0 aromatic rings. The lowest BCUT2D eigenvalue weighted by atomic mass is 9.80. The van der Waals surface area contributed by atoms with Crippen LogP contribution < -0.4 is 0 Å². The third kappa shape index (κ3) is 3.53. The predicted molar refractivity (Wildman–Crippen MR) is 78.3 cm³/mol. The van der Waals surface area contributed by atoms with Gasteiger partial charge >= 0.3 is 5.97 Å². The van der Waals surface area contributed by atoms with Crippen LogP contribution in [-0.4, -0.2) is 17.5 Å². The zero-order chi connectivity index (χ0) is 13.9. The maximum absolute atomic E-state index is 12.4. The van der Waals surface area contributed by atoms with Crippen LogP contribution in [0.1, 0.15) is 58.8 Å². The molecular formula is C16H25ClO2. The first kappa shape index (κ1) is 14.9. The molecule has 0 N–H and O–H groups in total. The summed E-state index contributed by atoms with van der Waals surface area (Å²) in [6, 6.07) is 0. The molecule has 2 aliphatic rings. The second kappa shape index (κ2) is 6.30. The van der Waals surface area contributed by atoms with Gasteiger partial charge < -0.3 is 4.74 Å². The molecule has 1 saturated carbocycles. The molecule has 108 valence electrons. The van der Waals surface area contributed by atoms with Crippen LogP contribution in [0.3, 0.4) is 0 Å². The molecule has 0 bridgehead atoms. The molecule has 0 unspecified atom stereocenters. The summed E-state index contributed by atoms with van der Waals surface area (Å²) in [6.45, 7) is 4.29. The second-order valence-electron chi connectivity index (χ2n) is 6.37. The van der Waals surface area contributed by atoms with Crippen LogP contribution in [0.5, 0.6) is 0 Å². The van der Waals surface area contributed by atoms with Gasteiger partial charge in [-0.15, -0.1) is 11.6 Å². The Bertz CT molecular complexity index is 356. The number of hydrogen-bond donors (Lipinski definition) is 0. The molecule has 0 amide bonds. The van der Waals surface area contributed by atoms with Gasteiger partial charge in [0.1, 0.15) is 5.60 Å². The summed E-state index contributed by atoms with van der Waals surface area (Å²) in [4.78, 5) is 12.4. The molecule has 0 radical (unpaired) electrons. The third-order valence-electron chi connectivity index (χ3n) is 4.68. The van der Waals surface area contributed by atoms with Crippen molar-refractivity contribution in [2.45, 2.75) is 64.4 Å². The van der Waals surface area contributed by atoms with Crippen molar-refractivity contribution in [1.82, 2.24) is 0 Å². The molecular weight excluding hydrogens is 260 g/mol. The summed E-state index contributed by atoms with van der Waals surface area (Å²) in [5.41, 5.74) is 1.01. The number of allylic oxidation sites excluding steroid dienone is 2. The van der Waals surface area contributed by atoms with Crippen LogP contribution in [0.4, 0.5) is 0 Å². The van der Waals surface area contributed by atoms with Gasteiger partial charge in [-0.05, 0) is 51.4 Å². The molecule has 0 heterocycles. The Hall–Kier alpha value is -0.500. The van der Waals surface area contributed by atoms with Crippen LogP contribution in [0, 0.1) is 11.8 Å². The minimum absolute atomic E-state index is 0.0192. The summed E-state index contributed by atoms with van der Waals surface area (Å²) in [5.74, 6) is 0.812. The van der Waals surface area contributed by atoms with Crippen molar-refractivity contribution in [3.05, 3.63) is 11.6 Å². The molecule has 2 nitrogen and oxygen atoms in total. The number of rotatable bonds is 3. The van der Waals surface area contributed by atoms with Gasteiger partial charge in [-0.3, -0.25) is 4.79 Å². The zero-order valence-corrected chi connectivity index (χ0v) is 12.8. The monoisotopic (exact) mass is 284 g/mol. The lowest BCUT2D eigenvalue weighted by molar-refractivity contribution is -0.167. The Balaban J connectivity index is 1.99. The molecule has 0 aliphatic heterocycles. The molecule has 0 aromatic heterocycles. The third-order valence-corrected chi connectivity index (χ3v) is 5.17. The van der Waals surface area contributed by atoms with Crippen molar-refractivity contribution >= 4 is 17.6 Å². The fourth-order valence-corrected chi connectivity index (χ4v) is 3.69. The maximum Gasteiger partial charge on any atom is 0.310 e. The Morgan fingerprint density at radius 3 is 2.68 bits per heavy atom. The average molecular weight is 285 g/mol. The van der Waals surface area contributed by atoms with Gasteiger partial charge in [-0.1, -0.05) is 25.0 Å². The highest BCUT2D eigenvalue weighted by atomic mass is 35.5. The van der Waals surface area contributed by atoms with E-state index in [1.807, 2.05) is 0 Å². The zero-order valence-electron chi connectivity index (χ0n) is 12.1. The van der Waals surface area contributed by atoms with Crippen LogP contribution in [0.2, 0.25) is 0 Å². The molecule has 0 saturated heterocycles. The van der Waals surface area contributed by atoms with Crippen molar-refractivity contribution in [3.63, 3.8) is 0 Å². The molecule has 19 heavy (non-hydrogen) atoms. The highest BCUT2D eigenvalue weighted by Crippen LogP contribution is 2.36. The van der Waals surface area contributed by atoms with Crippen LogP contribution >= 0.6 is 11.6 Å². The van der Waals surface area contributed by atoms with Gasteiger partial charge in [0.2, 0.25) is 0 Å². The Labute approximate surface area is 121 Å². The van der Waals surface area contributed by atoms with Gasteiger partial charge in [-0.2, -0.15) is 0 Å². The normalized spacial score (nSPS) is 30.6. The number of hydrogen-bond acceptors (Lipinski definition) is 2. The molecule has 1 fully saturated rings. The quantitative estimate of drug-likeness (QED) is 0.434. The molecule has 2 rings (SSSR count). The highest BCUT2D eigenvalue weighted by molar-refractivity contribution is 6.18. The lowest BCUT2D eigenvalue weighted by Crippen LogP contribution is -2.42. The van der Waals surface area contributed by atoms with Crippen LogP contribution in [0.25, 0.3) is 0 Å². The number of ether oxygens (including phenoxy) is 1. The highest BCUT2D eigenvalue weighted by Gasteiger charge is 2.38. The maximum atomic E-state index is 12.4. The fraction of sp³-hybridized carbons (Fsp3) is 0.812. The Morgan fingerprint density at radius 1 is 1.42 bits per heavy atom. The number of carbonyl (C=O) groups is 1. The van der Waals surface area contributed by atoms with Crippen molar-refractivity contribution in [3.8, 4) is 0 Å². The lowest BCUT2D eigenvalue weighted by Gasteiger charge is -2.37. The molecule has 0 aromatic carbocycles. The largest absolute Gasteiger partial charge is 0.458 e. The van der Waals surface area contributed by atoms with E-state index in [2.05, 4.69) is 19.9 Å². The van der Waals surface area contributed by atoms with E-state index in [4.69, 9.17) is 16.3 Å². The van der Waals surface area contributed by atoms with Gasteiger partial charge in [0.15, 0.2) is 0 Å². The molecule has 3 heteroatoms. The minimum atomic E-state index is -0.382. The molecule has 2 atom stereocenters. The first-order valence-corrected chi connectivity index (χ1v) is 8.04. The van der Waals surface area contributed by atoms with Gasteiger partial charge in [-0.25, -0.2) is 0 Å². The standard InChI is InChI=1S/C16H25ClO2/c1-12-6-7-14(13(2)10-12)15(18)19-16(11-17)8-4-3-5-9-16/h6,13-14H,3-5,7-11H2,1-2H3/t13-,14-/m0/s1. The van der Waals surface area contributed by atoms with E-state index in [0.29, 0.717) is 11.8 Å². The number of carbonyl (C=O) groups excluding carboxylic acids is 1. The number of halogens is 1. The van der Waals surface area contributed by atoms with E-state index in [9.17, 15) is 4.79 Å². The van der Waals surface area contributed by atoms with Gasteiger partial charge in [0, 0.05) is 0 Å².